The molecule has 1 aliphatic rings. The molecule has 2 N–H and O–H groups in total. The number of rotatable bonds is 6. The molecular formula is C20H16N2O5S. The van der Waals surface area contributed by atoms with E-state index in [0.29, 0.717) is 32.6 Å². The number of ether oxygens (including phenoxy) is 1. The highest BCUT2D eigenvalue weighted by Gasteiger charge is 2.24. The summed E-state index contributed by atoms with van der Waals surface area (Å²) in [4.78, 5) is 39.1. The number of para-hydroxylation sites is 1. The Hall–Kier alpha value is -3.39. The van der Waals surface area contributed by atoms with Gasteiger partial charge in [0, 0.05) is 11.1 Å². The van der Waals surface area contributed by atoms with Crippen LogP contribution in [0.5, 0.6) is 5.75 Å². The van der Waals surface area contributed by atoms with E-state index in [0.717, 1.165) is 11.8 Å². The number of Topliss-reactive ketones (excluding diaryl/α,β-unsaturated/α-hetero) is 1. The minimum atomic E-state index is -1.08. The number of carboxylic acid groups (broad SMARTS) is 1. The fraction of sp³-hybridized carbons (Fsp3) is 0.100. The molecule has 1 fully saturated rings. The lowest BCUT2D eigenvalue weighted by Gasteiger charge is -2.06. The third kappa shape index (κ3) is 4.86. The second-order valence-electron chi connectivity index (χ2n) is 5.81. The molecular weight excluding hydrogens is 380 g/mol. The zero-order chi connectivity index (χ0) is 20.1. The molecule has 0 unspecified atom stereocenters. The topological polar surface area (TPSA) is 105 Å². The van der Waals surface area contributed by atoms with E-state index < -0.39 is 12.6 Å². The van der Waals surface area contributed by atoms with Crippen LogP contribution in [-0.4, -0.2) is 34.5 Å². The number of aliphatic imine (C=N–C) groups is 1. The molecule has 0 saturated carbocycles. The molecule has 1 saturated heterocycles. The Morgan fingerprint density at radius 1 is 1.18 bits per heavy atom. The fourth-order valence-corrected chi connectivity index (χ4v) is 3.21. The largest absolute Gasteiger partial charge is 0.481 e. The van der Waals surface area contributed by atoms with Crippen LogP contribution < -0.4 is 10.1 Å². The first-order chi connectivity index (χ1) is 13.4. The monoisotopic (exact) mass is 396 g/mol. The minimum Gasteiger partial charge on any atom is -0.481 e. The second kappa shape index (κ2) is 8.53. The maximum Gasteiger partial charge on any atom is 0.341 e. The van der Waals surface area contributed by atoms with Crippen LogP contribution in [0.15, 0.2) is 58.4 Å². The molecule has 0 atom stereocenters. The zero-order valence-corrected chi connectivity index (χ0v) is 15.7. The predicted molar refractivity (Wildman–Crippen MR) is 107 cm³/mol. The van der Waals surface area contributed by atoms with Gasteiger partial charge in [-0.25, -0.2) is 9.79 Å². The molecule has 2 aromatic rings. The molecule has 28 heavy (non-hydrogen) atoms. The third-order valence-corrected chi connectivity index (χ3v) is 4.62. The minimum absolute atomic E-state index is 0.0308. The van der Waals surface area contributed by atoms with Crippen molar-refractivity contribution < 1.29 is 24.2 Å². The number of amidine groups is 1. The molecule has 8 heteroatoms. The Morgan fingerprint density at radius 2 is 1.89 bits per heavy atom. The van der Waals surface area contributed by atoms with Crippen molar-refractivity contribution in [3.63, 3.8) is 0 Å². The molecule has 7 nitrogen and oxygen atoms in total. The average molecular weight is 396 g/mol. The van der Waals surface area contributed by atoms with Crippen molar-refractivity contribution in [2.45, 2.75) is 6.92 Å². The van der Waals surface area contributed by atoms with Gasteiger partial charge in [-0.05, 0) is 55.1 Å². The van der Waals surface area contributed by atoms with Gasteiger partial charge in [0.1, 0.15) is 5.75 Å². The van der Waals surface area contributed by atoms with Crippen LogP contribution in [0, 0.1) is 0 Å². The van der Waals surface area contributed by atoms with Crippen molar-refractivity contribution in [3.05, 3.63) is 64.6 Å². The molecule has 1 aliphatic heterocycles. The summed E-state index contributed by atoms with van der Waals surface area (Å²) in [7, 11) is 0. The van der Waals surface area contributed by atoms with Gasteiger partial charge in [0.05, 0.1) is 10.6 Å². The number of carboxylic acids is 1. The van der Waals surface area contributed by atoms with E-state index in [2.05, 4.69) is 10.3 Å². The predicted octanol–water partition coefficient (Wildman–Crippen LogP) is 3.24. The quantitative estimate of drug-likeness (QED) is 0.574. The number of aliphatic carboxylic acids is 1. The van der Waals surface area contributed by atoms with Gasteiger partial charge in [-0.2, -0.15) is 0 Å². The number of hydrogen-bond acceptors (Lipinski definition) is 6. The van der Waals surface area contributed by atoms with Crippen molar-refractivity contribution in [3.8, 4) is 5.75 Å². The van der Waals surface area contributed by atoms with Gasteiger partial charge in [-0.1, -0.05) is 18.2 Å². The van der Waals surface area contributed by atoms with Gasteiger partial charge >= 0.3 is 5.97 Å². The summed E-state index contributed by atoms with van der Waals surface area (Å²) in [6.45, 7) is 1.02. The van der Waals surface area contributed by atoms with Crippen LogP contribution in [-0.2, 0) is 9.59 Å². The van der Waals surface area contributed by atoms with Gasteiger partial charge in [0.25, 0.3) is 5.91 Å². The second-order valence-corrected chi connectivity index (χ2v) is 6.84. The summed E-state index contributed by atoms with van der Waals surface area (Å²) < 4.78 is 5.25. The molecule has 142 valence electrons. The van der Waals surface area contributed by atoms with E-state index in [-0.39, 0.29) is 11.7 Å². The van der Waals surface area contributed by atoms with E-state index in [4.69, 9.17) is 9.84 Å². The number of thioether (sulfide) groups is 1. The Morgan fingerprint density at radius 3 is 2.57 bits per heavy atom. The summed E-state index contributed by atoms with van der Waals surface area (Å²) in [5.41, 5.74) is 1.79. The maximum atomic E-state index is 12.2. The Bertz CT molecular complexity index is 996. The highest BCUT2D eigenvalue weighted by atomic mass is 32.2. The number of nitrogens with one attached hydrogen (secondary N) is 1. The van der Waals surface area contributed by atoms with Crippen molar-refractivity contribution in [2.24, 2.45) is 4.99 Å². The number of carbonyl (C=O) groups is 3. The molecule has 0 spiro atoms. The van der Waals surface area contributed by atoms with Gasteiger partial charge in [0.2, 0.25) is 0 Å². The van der Waals surface area contributed by atoms with E-state index >= 15 is 0 Å². The fourth-order valence-electron chi connectivity index (χ4n) is 2.38. The van der Waals surface area contributed by atoms with Crippen LogP contribution in [0.4, 0.5) is 5.69 Å². The van der Waals surface area contributed by atoms with Crippen LogP contribution in [0.25, 0.3) is 6.08 Å². The van der Waals surface area contributed by atoms with Gasteiger partial charge < -0.3 is 15.2 Å². The zero-order valence-electron chi connectivity index (χ0n) is 14.8. The number of carbonyl (C=O) groups excluding carboxylic acids is 2. The number of ketones is 1. The number of amides is 1. The van der Waals surface area contributed by atoms with Crippen LogP contribution >= 0.6 is 11.8 Å². The first-order valence-corrected chi connectivity index (χ1v) is 9.08. The summed E-state index contributed by atoms with van der Waals surface area (Å²) in [5, 5.41) is 11.9. The molecule has 1 heterocycles. The smallest absolute Gasteiger partial charge is 0.341 e. The van der Waals surface area contributed by atoms with E-state index in [1.807, 2.05) is 0 Å². The van der Waals surface area contributed by atoms with Crippen molar-refractivity contribution in [1.82, 2.24) is 5.32 Å². The van der Waals surface area contributed by atoms with Crippen LogP contribution in [0.2, 0.25) is 0 Å². The molecule has 1 amide bonds. The van der Waals surface area contributed by atoms with E-state index in [9.17, 15) is 14.4 Å². The lowest BCUT2D eigenvalue weighted by Crippen LogP contribution is -2.19. The average Bonchev–Trinajstić information content (AvgIpc) is 3.00. The summed E-state index contributed by atoms with van der Waals surface area (Å²) >= 11 is 1.16. The molecule has 0 aliphatic carbocycles. The number of benzene rings is 2. The van der Waals surface area contributed by atoms with Crippen LogP contribution in [0.1, 0.15) is 22.8 Å². The summed E-state index contributed by atoms with van der Waals surface area (Å²) in [6.07, 6.45) is 1.62. The Labute approximate surface area is 165 Å². The van der Waals surface area contributed by atoms with Gasteiger partial charge in [-0.15, -0.1) is 0 Å². The highest BCUT2D eigenvalue weighted by Crippen LogP contribution is 2.30. The number of hydrogen-bond donors (Lipinski definition) is 2. The molecule has 0 aromatic heterocycles. The number of nitrogens with zero attached hydrogens (tertiary/aromatic N) is 1. The Kier molecular flexibility index (Phi) is 5.90. The maximum absolute atomic E-state index is 12.2. The third-order valence-electron chi connectivity index (χ3n) is 3.71. The summed E-state index contributed by atoms with van der Waals surface area (Å²) in [6, 6.07) is 13.6. The Balaban J connectivity index is 1.79. The summed E-state index contributed by atoms with van der Waals surface area (Å²) in [5.74, 6) is -1.05. The van der Waals surface area contributed by atoms with E-state index in [1.54, 1.807) is 54.6 Å². The first-order valence-electron chi connectivity index (χ1n) is 8.26. The highest BCUT2D eigenvalue weighted by molar-refractivity contribution is 8.18. The normalized spacial score (nSPS) is 16.2. The van der Waals surface area contributed by atoms with Crippen molar-refractivity contribution >= 4 is 46.4 Å². The molecule has 2 aromatic carbocycles. The van der Waals surface area contributed by atoms with Crippen molar-refractivity contribution in [2.75, 3.05) is 6.61 Å². The van der Waals surface area contributed by atoms with Gasteiger partial charge in [0.15, 0.2) is 17.6 Å². The lowest BCUT2D eigenvalue weighted by molar-refractivity contribution is -0.139. The first kappa shape index (κ1) is 19.4. The molecule has 0 bridgehead atoms. The molecule has 0 radical (unpaired) electrons. The molecule has 3 rings (SSSR count). The van der Waals surface area contributed by atoms with Crippen molar-refractivity contribution in [1.29, 1.82) is 0 Å². The SMILES string of the molecule is CC(=O)c1ccc(N=C2NC(=O)/C(=C\c3ccccc3OCC(=O)O)S2)cc1. The van der Waals surface area contributed by atoms with Gasteiger partial charge in [-0.3, -0.25) is 9.59 Å². The van der Waals surface area contributed by atoms with Crippen LogP contribution in [0.3, 0.4) is 0 Å². The standard InChI is InChI=1S/C20H16N2O5S/c1-12(23)13-6-8-15(9-7-13)21-20-22-19(26)17(28-20)10-14-4-2-3-5-16(14)27-11-18(24)25/h2-10H,11H2,1H3,(H,24,25)(H,21,22,26)/b17-10+. The van der Waals surface area contributed by atoms with E-state index in [1.165, 1.54) is 6.92 Å². The lowest BCUT2D eigenvalue weighted by atomic mass is 10.1.